The number of hydrogen-bond donors (Lipinski definition) is 1. The molecular formula is C10H13Br2ClN2O2S. The first-order valence-corrected chi connectivity index (χ1v) is 8.20. The second kappa shape index (κ2) is 6.67. The summed E-state index contributed by atoms with van der Waals surface area (Å²) in [5.74, 6) is 0. The molecule has 1 aliphatic heterocycles. The molecule has 1 aromatic carbocycles. The van der Waals surface area contributed by atoms with Gasteiger partial charge in [-0.25, -0.2) is 8.42 Å². The van der Waals surface area contributed by atoms with Gasteiger partial charge >= 0.3 is 0 Å². The number of rotatable bonds is 2. The van der Waals surface area contributed by atoms with Gasteiger partial charge in [-0.3, -0.25) is 0 Å². The lowest BCUT2D eigenvalue weighted by molar-refractivity contribution is 0.360. The molecule has 0 spiro atoms. The van der Waals surface area contributed by atoms with E-state index in [9.17, 15) is 8.42 Å². The molecule has 0 radical (unpaired) electrons. The average molecular weight is 421 g/mol. The zero-order valence-corrected chi connectivity index (χ0v) is 14.2. The fourth-order valence-corrected chi connectivity index (χ4v) is 4.86. The molecule has 8 heteroatoms. The minimum absolute atomic E-state index is 0. The fraction of sp³-hybridized carbons (Fsp3) is 0.400. The van der Waals surface area contributed by atoms with Crippen LogP contribution in [0.2, 0.25) is 0 Å². The molecule has 4 nitrogen and oxygen atoms in total. The summed E-state index contributed by atoms with van der Waals surface area (Å²) in [4.78, 5) is 0.322. The van der Waals surface area contributed by atoms with E-state index in [1.54, 1.807) is 18.2 Å². The van der Waals surface area contributed by atoms with Crippen molar-refractivity contribution in [3.05, 3.63) is 27.1 Å². The molecule has 0 amide bonds. The van der Waals surface area contributed by atoms with Gasteiger partial charge in [0.15, 0.2) is 0 Å². The lowest BCUT2D eigenvalue weighted by Crippen LogP contribution is -2.46. The first-order chi connectivity index (χ1) is 8.01. The SMILES string of the molecule is Cl.O=S(=O)(c1ccc(Br)cc1Br)N1CCNCC1. The van der Waals surface area contributed by atoms with E-state index in [0.29, 0.717) is 35.5 Å². The summed E-state index contributed by atoms with van der Waals surface area (Å²) >= 11 is 6.61. The van der Waals surface area contributed by atoms with Crippen LogP contribution in [0.15, 0.2) is 32.0 Å². The summed E-state index contributed by atoms with van der Waals surface area (Å²) in [7, 11) is -3.38. The highest BCUT2D eigenvalue weighted by atomic mass is 79.9. The zero-order chi connectivity index (χ0) is 12.5. The highest BCUT2D eigenvalue weighted by Crippen LogP contribution is 2.28. The van der Waals surface area contributed by atoms with Gasteiger partial charge in [-0.15, -0.1) is 12.4 Å². The average Bonchev–Trinajstić information content (AvgIpc) is 2.29. The molecule has 102 valence electrons. The maximum absolute atomic E-state index is 12.4. The van der Waals surface area contributed by atoms with Crippen LogP contribution in [0.3, 0.4) is 0 Å². The second-order valence-electron chi connectivity index (χ2n) is 3.73. The molecule has 1 heterocycles. The maximum Gasteiger partial charge on any atom is 0.244 e. The Morgan fingerprint density at radius 3 is 2.33 bits per heavy atom. The topological polar surface area (TPSA) is 49.4 Å². The number of sulfonamides is 1. The first-order valence-electron chi connectivity index (χ1n) is 5.18. The molecular weight excluding hydrogens is 407 g/mol. The molecule has 1 aliphatic rings. The van der Waals surface area contributed by atoms with Gasteiger partial charge in [-0.2, -0.15) is 4.31 Å². The van der Waals surface area contributed by atoms with E-state index >= 15 is 0 Å². The number of nitrogens with one attached hydrogen (secondary N) is 1. The van der Waals surface area contributed by atoms with Crippen LogP contribution in [-0.2, 0) is 10.0 Å². The van der Waals surface area contributed by atoms with Crippen LogP contribution in [0.1, 0.15) is 0 Å². The molecule has 0 aromatic heterocycles. The van der Waals surface area contributed by atoms with Crippen LogP contribution >= 0.6 is 44.3 Å². The van der Waals surface area contributed by atoms with E-state index < -0.39 is 10.0 Å². The van der Waals surface area contributed by atoms with Crippen molar-refractivity contribution < 1.29 is 8.42 Å². The summed E-state index contributed by atoms with van der Waals surface area (Å²) in [5, 5.41) is 3.14. The Kier molecular flexibility index (Phi) is 6.08. The third kappa shape index (κ3) is 3.46. The van der Waals surface area contributed by atoms with Crippen LogP contribution in [0.25, 0.3) is 0 Å². The Morgan fingerprint density at radius 2 is 1.78 bits per heavy atom. The number of hydrogen-bond acceptors (Lipinski definition) is 3. The van der Waals surface area contributed by atoms with Crippen molar-refractivity contribution in [3.63, 3.8) is 0 Å². The number of benzene rings is 1. The molecule has 1 N–H and O–H groups in total. The largest absolute Gasteiger partial charge is 0.314 e. The van der Waals surface area contributed by atoms with Crippen molar-refractivity contribution >= 4 is 54.3 Å². The molecule has 2 rings (SSSR count). The first kappa shape index (κ1) is 16.4. The molecule has 0 saturated carbocycles. The minimum Gasteiger partial charge on any atom is -0.314 e. The van der Waals surface area contributed by atoms with Gasteiger partial charge < -0.3 is 5.32 Å². The third-order valence-electron chi connectivity index (χ3n) is 2.59. The zero-order valence-electron chi connectivity index (χ0n) is 9.40. The summed E-state index contributed by atoms with van der Waals surface area (Å²) in [6.07, 6.45) is 0. The van der Waals surface area contributed by atoms with Crippen molar-refractivity contribution in [1.29, 1.82) is 0 Å². The van der Waals surface area contributed by atoms with E-state index in [4.69, 9.17) is 0 Å². The van der Waals surface area contributed by atoms with E-state index in [1.165, 1.54) is 4.31 Å². The minimum atomic E-state index is -3.38. The van der Waals surface area contributed by atoms with Crippen molar-refractivity contribution in [1.82, 2.24) is 9.62 Å². The quantitative estimate of drug-likeness (QED) is 0.798. The van der Waals surface area contributed by atoms with Crippen molar-refractivity contribution in [3.8, 4) is 0 Å². The third-order valence-corrected chi connectivity index (χ3v) is 5.96. The summed E-state index contributed by atoms with van der Waals surface area (Å²) < 4.78 is 27.7. The van der Waals surface area contributed by atoms with E-state index in [0.717, 1.165) is 4.47 Å². The predicted octanol–water partition coefficient (Wildman–Crippen LogP) is 2.23. The molecule has 1 fully saturated rings. The van der Waals surface area contributed by atoms with Crippen molar-refractivity contribution in [2.24, 2.45) is 0 Å². The van der Waals surface area contributed by atoms with Gasteiger partial charge in [-0.05, 0) is 34.1 Å². The number of halogens is 3. The van der Waals surface area contributed by atoms with Crippen LogP contribution in [0.5, 0.6) is 0 Å². The lowest BCUT2D eigenvalue weighted by Gasteiger charge is -2.27. The Bertz CT molecular complexity index is 519. The van der Waals surface area contributed by atoms with Crippen molar-refractivity contribution in [2.45, 2.75) is 4.90 Å². The van der Waals surface area contributed by atoms with E-state index in [1.807, 2.05) is 0 Å². The van der Waals surface area contributed by atoms with Gasteiger partial charge in [-0.1, -0.05) is 15.9 Å². The van der Waals surface area contributed by atoms with Gasteiger partial charge in [0.1, 0.15) is 0 Å². The predicted molar refractivity (Wildman–Crippen MR) is 80.7 cm³/mol. The molecule has 0 bridgehead atoms. The molecule has 0 atom stereocenters. The highest BCUT2D eigenvalue weighted by molar-refractivity contribution is 9.11. The normalized spacial score (nSPS) is 17.2. The Hall–Kier alpha value is 0.340. The van der Waals surface area contributed by atoms with Gasteiger partial charge in [0.05, 0.1) is 4.90 Å². The van der Waals surface area contributed by atoms with Gasteiger partial charge in [0, 0.05) is 35.1 Å². The van der Waals surface area contributed by atoms with Crippen LogP contribution in [0.4, 0.5) is 0 Å². The molecule has 18 heavy (non-hydrogen) atoms. The second-order valence-corrected chi connectivity index (χ2v) is 7.41. The monoisotopic (exact) mass is 418 g/mol. The highest BCUT2D eigenvalue weighted by Gasteiger charge is 2.27. The van der Waals surface area contributed by atoms with E-state index in [2.05, 4.69) is 37.2 Å². The number of piperazine rings is 1. The van der Waals surface area contributed by atoms with Gasteiger partial charge in [0.2, 0.25) is 10.0 Å². The Labute approximate surface area is 130 Å². The van der Waals surface area contributed by atoms with Crippen molar-refractivity contribution in [2.75, 3.05) is 26.2 Å². The summed E-state index contributed by atoms with van der Waals surface area (Å²) in [6, 6.07) is 5.10. The number of nitrogens with zero attached hydrogens (tertiary/aromatic N) is 1. The van der Waals surface area contributed by atoms with Crippen LogP contribution in [0, 0.1) is 0 Å². The molecule has 1 saturated heterocycles. The fourth-order valence-electron chi connectivity index (χ4n) is 1.71. The smallest absolute Gasteiger partial charge is 0.244 e. The van der Waals surface area contributed by atoms with Crippen LogP contribution < -0.4 is 5.32 Å². The summed E-state index contributed by atoms with van der Waals surface area (Å²) in [6.45, 7) is 2.44. The Morgan fingerprint density at radius 1 is 1.17 bits per heavy atom. The molecule has 0 aliphatic carbocycles. The maximum atomic E-state index is 12.4. The van der Waals surface area contributed by atoms with Gasteiger partial charge in [0.25, 0.3) is 0 Å². The van der Waals surface area contributed by atoms with Crippen LogP contribution in [-0.4, -0.2) is 38.9 Å². The van der Waals surface area contributed by atoms with E-state index in [-0.39, 0.29) is 12.4 Å². The molecule has 0 unspecified atom stereocenters. The summed E-state index contributed by atoms with van der Waals surface area (Å²) in [5.41, 5.74) is 0. The lowest BCUT2D eigenvalue weighted by atomic mass is 10.4. The molecule has 1 aromatic rings. The Balaban J connectivity index is 0.00000162. The standard InChI is InChI=1S/C10H12Br2N2O2S.ClH/c11-8-1-2-10(9(12)7-8)17(15,16)14-5-3-13-4-6-14;/h1-2,7,13H,3-6H2;1H.